The number of hydrogen-bond acceptors (Lipinski definition) is 4. The van der Waals surface area contributed by atoms with Crippen LogP contribution in [-0.2, 0) is 11.3 Å². The summed E-state index contributed by atoms with van der Waals surface area (Å²) in [4.78, 5) is 13.9. The molecule has 3 rings (SSSR count). The largest absolute Gasteiger partial charge is 0.497 e. The van der Waals surface area contributed by atoms with Gasteiger partial charge in [-0.15, -0.1) is 0 Å². The van der Waals surface area contributed by atoms with Crippen LogP contribution < -0.4 is 10.1 Å². The maximum atomic E-state index is 12.4. The number of nitrogens with one attached hydrogen (secondary N) is 1. The number of ether oxygens (including phenoxy) is 1. The Bertz CT molecular complexity index is 738. The molecule has 1 saturated heterocycles. The number of carbonyl (C=O) groups is 1. The maximum Gasteiger partial charge on any atom is 0.276 e. The van der Waals surface area contributed by atoms with Gasteiger partial charge in [0.15, 0.2) is 5.11 Å². The number of rotatable bonds is 4. The molecule has 2 aromatic rings. The zero-order valence-corrected chi connectivity index (χ0v) is 12.7. The minimum Gasteiger partial charge on any atom is -0.497 e. The molecule has 6 heteroatoms. The van der Waals surface area contributed by atoms with E-state index in [1.165, 1.54) is 4.90 Å². The van der Waals surface area contributed by atoms with E-state index in [0.29, 0.717) is 23.1 Å². The second kappa shape index (κ2) is 6.03. The van der Waals surface area contributed by atoms with Crippen LogP contribution in [0.3, 0.4) is 0 Å². The van der Waals surface area contributed by atoms with Crippen LogP contribution in [0.15, 0.2) is 52.8 Å². The number of benzene rings is 1. The van der Waals surface area contributed by atoms with Crippen molar-refractivity contribution in [2.45, 2.75) is 6.54 Å². The average Bonchev–Trinajstić information content (AvgIpc) is 3.12. The maximum absolute atomic E-state index is 12.4. The zero-order chi connectivity index (χ0) is 15.5. The minimum absolute atomic E-state index is 0.177. The van der Waals surface area contributed by atoms with Crippen LogP contribution in [0, 0.1) is 0 Å². The van der Waals surface area contributed by atoms with Gasteiger partial charge in [0.2, 0.25) is 0 Å². The standard InChI is InChI=1S/C16H14N2O3S/c1-20-12-5-2-4-11(8-12)9-14-15(19)18(16(22)17-14)10-13-6-3-7-21-13/h2-9H,10H2,1H3,(H,17,22). The van der Waals surface area contributed by atoms with E-state index in [0.717, 1.165) is 11.3 Å². The molecule has 1 aromatic carbocycles. The molecule has 5 nitrogen and oxygen atoms in total. The number of thiocarbonyl (C=S) groups is 1. The quantitative estimate of drug-likeness (QED) is 0.694. The molecule has 22 heavy (non-hydrogen) atoms. The SMILES string of the molecule is COc1cccc(C=C2NC(=S)N(Cc3ccco3)C2=O)c1. The lowest BCUT2D eigenvalue weighted by Gasteiger charge is -2.11. The molecular formula is C16H14N2O3S. The highest BCUT2D eigenvalue weighted by Gasteiger charge is 2.31. The minimum atomic E-state index is -0.177. The Morgan fingerprint density at radius 3 is 2.95 bits per heavy atom. The van der Waals surface area contributed by atoms with Gasteiger partial charge in [-0.05, 0) is 48.1 Å². The molecule has 0 unspecified atom stereocenters. The van der Waals surface area contributed by atoms with Gasteiger partial charge in [0, 0.05) is 0 Å². The number of carbonyl (C=O) groups excluding carboxylic acids is 1. The summed E-state index contributed by atoms with van der Waals surface area (Å²) in [5.41, 5.74) is 1.29. The summed E-state index contributed by atoms with van der Waals surface area (Å²) in [5, 5.41) is 3.31. The molecule has 1 aromatic heterocycles. The van der Waals surface area contributed by atoms with Crippen molar-refractivity contribution in [1.29, 1.82) is 0 Å². The molecule has 1 aliphatic rings. The molecule has 1 aliphatic heterocycles. The van der Waals surface area contributed by atoms with Gasteiger partial charge in [-0.2, -0.15) is 0 Å². The summed E-state index contributed by atoms with van der Waals surface area (Å²) in [5.74, 6) is 1.24. The summed E-state index contributed by atoms with van der Waals surface area (Å²) in [6.07, 6.45) is 3.32. The monoisotopic (exact) mass is 314 g/mol. The molecule has 112 valence electrons. The molecule has 0 saturated carbocycles. The van der Waals surface area contributed by atoms with Gasteiger partial charge in [-0.25, -0.2) is 0 Å². The van der Waals surface area contributed by atoms with Gasteiger partial charge in [0.1, 0.15) is 17.2 Å². The Labute approximate surface area is 133 Å². The first-order chi connectivity index (χ1) is 10.7. The molecule has 1 N–H and O–H groups in total. The fourth-order valence-electron chi connectivity index (χ4n) is 2.17. The fourth-order valence-corrected chi connectivity index (χ4v) is 2.43. The number of furan rings is 1. The van der Waals surface area contributed by atoms with Gasteiger partial charge in [-0.1, -0.05) is 12.1 Å². The lowest BCUT2D eigenvalue weighted by atomic mass is 10.2. The molecule has 0 atom stereocenters. The van der Waals surface area contributed by atoms with Gasteiger partial charge in [0.05, 0.1) is 19.9 Å². The van der Waals surface area contributed by atoms with Crippen LogP contribution in [-0.4, -0.2) is 23.0 Å². The Balaban J connectivity index is 1.82. The normalized spacial score (nSPS) is 16.2. The molecular weight excluding hydrogens is 300 g/mol. The Kier molecular flexibility index (Phi) is 3.93. The molecule has 0 spiro atoms. The van der Waals surface area contributed by atoms with Crippen LogP contribution in [0.4, 0.5) is 0 Å². The zero-order valence-electron chi connectivity index (χ0n) is 11.9. The predicted octanol–water partition coefficient (Wildman–Crippen LogP) is 2.55. The first-order valence-corrected chi connectivity index (χ1v) is 7.09. The Hall–Kier alpha value is -2.60. The van der Waals surface area contributed by atoms with Gasteiger partial charge >= 0.3 is 0 Å². The summed E-state index contributed by atoms with van der Waals surface area (Å²) in [6.45, 7) is 0.313. The Morgan fingerprint density at radius 2 is 2.23 bits per heavy atom. The van der Waals surface area contributed by atoms with Crippen molar-refractivity contribution >= 4 is 29.3 Å². The number of hydrogen-bond donors (Lipinski definition) is 1. The van der Waals surface area contributed by atoms with E-state index in [2.05, 4.69) is 5.32 Å². The highest BCUT2D eigenvalue weighted by molar-refractivity contribution is 7.80. The van der Waals surface area contributed by atoms with Crippen molar-refractivity contribution in [3.05, 3.63) is 59.7 Å². The van der Waals surface area contributed by atoms with Crippen LogP contribution in [0.2, 0.25) is 0 Å². The van der Waals surface area contributed by atoms with Crippen LogP contribution in [0.25, 0.3) is 6.08 Å². The van der Waals surface area contributed by atoms with E-state index in [9.17, 15) is 4.79 Å². The highest BCUT2D eigenvalue weighted by atomic mass is 32.1. The average molecular weight is 314 g/mol. The van der Waals surface area contributed by atoms with Crippen LogP contribution in [0.5, 0.6) is 5.75 Å². The summed E-state index contributed by atoms with van der Waals surface area (Å²) in [7, 11) is 1.60. The van der Waals surface area contributed by atoms with Crippen molar-refractivity contribution in [2.75, 3.05) is 7.11 Å². The van der Waals surface area contributed by atoms with E-state index in [4.69, 9.17) is 21.4 Å². The summed E-state index contributed by atoms with van der Waals surface area (Å²) in [6, 6.07) is 11.0. The summed E-state index contributed by atoms with van der Waals surface area (Å²) >= 11 is 5.22. The van der Waals surface area contributed by atoms with Crippen molar-refractivity contribution in [3.8, 4) is 5.75 Å². The summed E-state index contributed by atoms with van der Waals surface area (Å²) < 4.78 is 10.4. The number of methoxy groups -OCH3 is 1. The first kappa shape index (κ1) is 14.3. The number of amides is 1. The third kappa shape index (κ3) is 2.87. The van der Waals surface area contributed by atoms with Gasteiger partial charge < -0.3 is 14.5 Å². The van der Waals surface area contributed by atoms with Crippen molar-refractivity contribution in [3.63, 3.8) is 0 Å². The van der Waals surface area contributed by atoms with E-state index in [-0.39, 0.29) is 5.91 Å². The van der Waals surface area contributed by atoms with Gasteiger partial charge in [-0.3, -0.25) is 9.69 Å². The fraction of sp³-hybridized carbons (Fsp3) is 0.125. The molecule has 0 bridgehead atoms. The van der Waals surface area contributed by atoms with Crippen molar-refractivity contribution in [1.82, 2.24) is 10.2 Å². The predicted molar refractivity (Wildman–Crippen MR) is 86.0 cm³/mol. The van der Waals surface area contributed by atoms with Gasteiger partial charge in [0.25, 0.3) is 5.91 Å². The second-order valence-corrected chi connectivity index (χ2v) is 5.12. The molecule has 1 amide bonds. The molecule has 2 heterocycles. The van der Waals surface area contributed by atoms with Crippen LogP contribution >= 0.6 is 12.2 Å². The molecule has 0 aliphatic carbocycles. The first-order valence-electron chi connectivity index (χ1n) is 6.68. The Morgan fingerprint density at radius 1 is 1.36 bits per heavy atom. The molecule has 0 radical (unpaired) electrons. The number of nitrogens with zero attached hydrogens (tertiary/aromatic N) is 1. The van der Waals surface area contributed by atoms with Crippen LogP contribution in [0.1, 0.15) is 11.3 Å². The van der Waals surface area contributed by atoms with E-state index >= 15 is 0 Å². The highest BCUT2D eigenvalue weighted by Crippen LogP contribution is 2.19. The van der Waals surface area contributed by atoms with E-state index in [1.54, 1.807) is 31.6 Å². The lowest BCUT2D eigenvalue weighted by molar-refractivity contribution is -0.122. The van der Waals surface area contributed by atoms with E-state index in [1.807, 2.05) is 24.3 Å². The second-order valence-electron chi connectivity index (χ2n) is 4.74. The van der Waals surface area contributed by atoms with Crippen molar-refractivity contribution < 1.29 is 13.9 Å². The smallest absolute Gasteiger partial charge is 0.276 e. The topological polar surface area (TPSA) is 54.7 Å². The molecule has 1 fully saturated rings. The lowest BCUT2D eigenvalue weighted by Crippen LogP contribution is -2.29. The van der Waals surface area contributed by atoms with Crippen molar-refractivity contribution in [2.24, 2.45) is 0 Å². The third-order valence-corrected chi connectivity index (χ3v) is 3.58. The van der Waals surface area contributed by atoms with E-state index < -0.39 is 0 Å². The third-order valence-electron chi connectivity index (χ3n) is 3.26.